The molecule has 0 aliphatic carbocycles. The fraction of sp³-hybridized carbons (Fsp3) is 0.316. The molecule has 0 aliphatic heterocycles. The Hall–Kier alpha value is -3.04. The molecular weight excluding hydrogens is 400 g/mol. The molecule has 0 radical (unpaired) electrons. The number of nitrogens with zero attached hydrogens (tertiary/aromatic N) is 2. The maximum absolute atomic E-state index is 12.5. The molecule has 0 aliphatic rings. The van der Waals surface area contributed by atoms with Gasteiger partial charge in [0.05, 0.1) is 31.7 Å². The summed E-state index contributed by atoms with van der Waals surface area (Å²) in [6, 6.07) is 6.70. The summed E-state index contributed by atoms with van der Waals surface area (Å²) in [6.45, 7) is 2.02. The Bertz CT molecular complexity index is 942. The number of benzene rings is 1. The minimum absolute atomic E-state index is 0. The van der Waals surface area contributed by atoms with Gasteiger partial charge in [0.2, 0.25) is 0 Å². The SMILES string of the molecule is CNC(C)Cc1noc(-c2cc(OC)c(OC)cc2NC(=O)c2ccco2)n1.Cl. The van der Waals surface area contributed by atoms with Crippen LogP contribution in [0.5, 0.6) is 11.5 Å². The van der Waals surface area contributed by atoms with Crippen LogP contribution in [0.3, 0.4) is 0 Å². The number of rotatable bonds is 8. The lowest BCUT2D eigenvalue weighted by Crippen LogP contribution is -2.24. The van der Waals surface area contributed by atoms with Gasteiger partial charge in [-0.2, -0.15) is 4.98 Å². The molecule has 2 aromatic heterocycles. The molecule has 1 unspecified atom stereocenters. The molecule has 2 N–H and O–H groups in total. The van der Waals surface area contributed by atoms with Gasteiger partial charge in [0.1, 0.15) is 0 Å². The van der Waals surface area contributed by atoms with Crippen LogP contribution in [0.1, 0.15) is 23.3 Å². The van der Waals surface area contributed by atoms with E-state index in [9.17, 15) is 4.79 Å². The predicted molar refractivity (Wildman–Crippen MR) is 109 cm³/mol. The summed E-state index contributed by atoms with van der Waals surface area (Å²) >= 11 is 0. The van der Waals surface area contributed by atoms with Gasteiger partial charge in [0.15, 0.2) is 23.1 Å². The highest BCUT2D eigenvalue weighted by molar-refractivity contribution is 6.04. The second kappa shape index (κ2) is 9.94. The maximum atomic E-state index is 12.5. The maximum Gasteiger partial charge on any atom is 0.291 e. The molecule has 0 fully saturated rings. The van der Waals surface area contributed by atoms with E-state index in [4.69, 9.17) is 18.4 Å². The number of aromatic nitrogens is 2. The van der Waals surface area contributed by atoms with Crippen LogP contribution in [-0.2, 0) is 6.42 Å². The van der Waals surface area contributed by atoms with Crippen molar-refractivity contribution in [2.24, 2.45) is 0 Å². The normalized spacial score (nSPS) is 11.4. The lowest BCUT2D eigenvalue weighted by atomic mass is 10.1. The number of hydrogen-bond acceptors (Lipinski definition) is 8. The molecular formula is C19H23ClN4O5. The molecule has 1 atom stereocenters. The smallest absolute Gasteiger partial charge is 0.291 e. The van der Waals surface area contributed by atoms with Crippen molar-refractivity contribution < 1.29 is 23.2 Å². The number of amides is 1. The topological polar surface area (TPSA) is 112 Å². The van der Waals surface area contributed by atoms with Crippen LogP contribution >= 0.6 is 12.4 Å². The average molecular weight is 423 g/mol. The van der Waals surface area contributed by atoms with E-state index in [2.05, 4.69) is 20.8 Å². The molecule has 9 nitrogen and oxygen atoms in total. The molecule has 10 heteroatoms. The zero-order chi connectivity index (χ0) is 20.1. The minimum Gasteiger partial charge on any atom is -0.493 e. The van der Waals surface area contributed by atoms with Gasteiger partial charge in [0.25, 0.3) is 11.8 Å². The van der Waals surface area contributed by atoms with Crippen molar-refractivity contribution in [2.75, 3.05) is 26.6 Å². The van der Waals surface area contributed by atoms with Crippen LogP contribution in [0.25, 0.3) is 11.5 Å². The fourth-order valence-corrected chi connectivity index (χ4v) is 2.57. The van der Waals surface area contributed by atoms with Crippen molar-refractivity contribution in [1.82, 2.24) is 15.5 Å². The largest absolute Gasteiger partial charge is 0.493 e. The van der Waals surface area contributed by atoms with Crippen molar-refractivity contribution in [3.05, 3.63) is 42.1 Å². The van der Waals surface area contributed by atoms with Gasteiger partial charge in [-0.3, -0.25) is 4.79 Å². The monoisotopic (exact) mass is 422 g/mol. The molecule has 0 bridgehead atoms. The minimum atomic E-state index is -0.415. The summed E-state index contributed by atoms with van der Waals surface area (Å²) in [6.07, 6.45) is 2.03. The molecule has 3 rings (SSSR count). The van der Waals surface area contributed by atoms with E-state index in [-0.39, 0.29) is 30.1 Å². The number of methoxy groups -OCH3 is 2. The van der Waals surface area contributed by atoms with Gasteiger partial charge in [-0.15, -0.1) is 12.4 Å². The van der Waals surface area contributed by atoms with E-state index < -0.39 is 5.91 Å². The number of carbonyl (C=O) groups is 1. The number of hydrogen-bond donors (Lipinski definition) is 2. The summed E-state index contributed by atoms with van der Waals surface area (Å²) in [7, 11) is 4.90. The van der Waals surface area contributed by atoms with E-state index in [0.29, 0.717) is 35.0 Å². The first-order valence-electron chi connectivity index (χ1n) is 8.66. The second-order valence-corrected chi connectivity index (χ2v) is 6.09. The molecule has 0 spiro atoms. The molecule has 1 aromatic carbocycles. The molecule has 29 heavy (non-hydrogen) atoms. The Balaban J connectivity index is 0.00000300. The average Bonchev–Trinajstić information content (AvgIpc) is 3.39. The van der Waals surface area contributed by atoms with Crippen molar-refractivity contribution in [2.45, 2.75) is 19.4 Å². The zero-order valence-corrected chi connectivity index (χ0v) is 17.3. The summed E-state index contributed by atoms with van der Waals surface area (Å²) in [5.41, 5.74) is 0.935. The quantitative estimate of drug-likeness (QED) is 0.569. The number of ether oxygens (including phenoxy) is 2. The summed E-state index contributed by atoms with van der Waals surface area (Å²) in [4.78, 5) is 16.9. The van der Waals surface area contributed by atoms with Crippen molar-refractivity contribution in [3.63, 3.8) is 0 Å². The van der Waals surface area contributed by atoms with E-state index in [1.165, 1.54) is 20.5 Å². The van der Waals surface area contributed by atoms with Gasteiger partial charge < -0.3 is 29.0 Å². The summed E-state index contributed by atoms with van der Waals surface area (Å²) < 4.78 is 21.3. The molecule has 2 heterocycles. The van der Waals surface area contributed by atoms with Gasteiger partial charge in [-0.1, -0.05) is 5.16 Å². The molecule has 0 saturated heterocycles. The van der Waals surface area contributed by atoms with Crippen LogP contribution in [0.2, 0.25) is 0 Å². The highest BCUT2D eigenvalue weighted by Gasteiger charge is 2.21. The van der Waals surface area contributed by atoms with Crippen LogP contribution in [0, 0.1) is 0 Å². The zero-order valence-electron chi connectivity index (χ0n) is 16.5. The Morgan fingerprint density at radius 2 is 1.97 bits per heavy atom. The lowest BCUT2D eigenvalue weighted by Gasteiger charge is -2.13. The third-order valence-electron chi connectivity index (χ3n) is 4.20. The highest BCUT2D eigenvalue weighted by atomic mass is 35.5. The van der Waals surface area contributed by atoms with E-state index in [0.717, 1.165) is 0 Å². The second-order valence-electron chi connectivity index (χ2n) is 6.09. The number of nitrogens with one attached hydrogen (secondary N) is 2. The molecule has 156 valence electrons. The third kappa shape index (κ3) is 5.07. The van der Waals surface area contributed by atoms with Gasteiger partial charge in [-0.25, -0.2) is 0 Å². The highest BCUT2D eigenvalue weighted by Crippen LogP contribution is 2.38. The summed E-state index contributed by atoms with van der Waals surface area (Å²) in [5, 5.41) is 9.93. The number of furan rings is 1. The standard InChI is InChI=1S/C19H22N4O5.ClH/c1-11(20-2)8-17-22-19(28-23-17)12-9-15(25-3)16(26-4)10-13(12)21-18(24)14-6-5-7-27-14;/h5-7,9-11,20H,8H2,1-4H3,(H,21,24);1H. The fourth-order valence-electron chi connectivity index (χ4n) is 2.57. The van der Waals surface area contributed by atoms with Gasteiger partial charge in [-0.05, 0) is 32.2 Å². The molecule has 0 saturated carbocycles. The van der Waals surface area contributed by atoms with Crippen LogP contribution in [0.15, 0.2) is 39.5 Å². The van der Waals surface area contributed by atoms with E-state index in [1.807, 2.05) is 14.0 Å². The van der Waals surface area contributed by atoms with Crippen LogP contribution in [-0.4, -0.2) is 43.4 Å². The van der Waals surface area contributed by atoms with Gasteiger partial charge >= 0.3 is 0 Å². The summed E-state index contributed by atoms with van der Waals surface area (Å²) in [5.74, 6) is 1.49. The Labute approximate surface area is 174 Å². The van der Waals surface area contributed by atoms with Crippen LogP contribution < -0.4 is 20.1 Å². The number of carbonyl (C=O) groups excluding carboxylic acids is 1. The first-order valence-corrected chi connectivity index (χ1v) is 8.66. The third-order valence-corrected chi connectivity index (χ3v) is 4.20. The Morgan fingerprint density at radius 3 is 2.59 bits per heavy atom. The Kier molecular flexibility index (Phi) is 7.63. The molecule has 3 aromatic rings. The predicted octanol–water partition coefficient (Wildman–Crippen LogP) is 3.17. The van der Waals surface area contributed by atoms with Gasteiger partial charge in [0, 0.05) is 18.5 Å². The van der Waals surface area contributed by atoms with E-state index >= 15 is 0 Å². The lowest BCUT2D eigenvalue weighted by molar-refractivity contribution is 0.0996. The number of anilines is 1. The van der Waals surface area contributed by atoms with Crippen molar-refractivity contribution >= 4 is 24.0 Å². The number of likely N-dealkylation sites (N-methyl/N-ethyl adjacent to an activating group) is 1. The number of halogens is 1. The van der Waals surface area contributed by atoms with Crippen molar-refractivity contribution in [1.29, 1.82) is 0 Å². The van der Waals surface area contributed by atoms with Crippen LogP contribution in [0.4, 0.5) is 5.69 Å². The Morgan fingerprint density at radius 1 is 1.24 bits per heavy atom. The first-order chi connectivity index (χ1) is 13.5. The van der Waals surface area contributed by atoms with E-state index in [1.54, 1.807) is 24.3 Å². The first kappa shape index (κ1) is 22.3. The van der Waals surface area contributed by atoms with Crippen molar-refractivity contribution in [3.8, 4) is 23.0 Å². The molecule has 1 amide bonds.